The van der Waals surface area contributed by atoms with Crippen LogP contribution in [0.5, 0.6) is 0 Å². The number of aryl methyl sites for hydroxylation is 1. The number of nitrogen functional groups attached to an aromatic ring is 1. The van der Waals surface area contributed by atoms with E-state index >= 15 is 0 Å². The molecular weight excluding hydrogens is 228 g/mol. The molecule has 1 aromatic carbocycles. The number of nitrogens with one attached hydrogen (secondary N) is 1. The van der Waals surface area contributed by atoms with Crippen LogP contribution >= 0.6 is 0 Å². The number of hydrazine groups is 1. The van der Waals surface area contributed by atoms with Gasteiger partial charge in [-0.15, -0.1) is 0 Å². The summed E-state index contributed by atoms with van der Waals surface area (Å²) in [5, 5.41) is 0. The lowest BCUT2D eigenvalue weighted by Gasteiger charge is -2.32. The molecular formula is C13H20N4O. The van der Waals surface area contributed by atoms with Crippen LogP contribution in [0.15, 0.2) is 18.2 Å². The van der Waals surface area contributed by atoms with E-state index in [1.54, 1.807) is 0 Å². The second kappa shape index (κ2) is 5.37. The number of nitrogens with two attached hydrogens (primary N) is 1. The second-order valence-electron chi connectivity index (χ2n) is 4.77. The third-order valence-corrected chi connectivity index (χ3v) is 3.42. The van der Waals surface area contributed by atoms with Gasteiger partial charge in [0.1, 0.15) is 0 Å². The van der Waals surface area contributed by atoms with Crippen molar-refractivity contribution in [3.8, 4) is 0 Å². The quantitative estimate of drug-likeness (QED) is 0.596. The molecule has 5 heteroatoms. The summed E-state index contributed by atoms with van der Waals surface area (Å²) in [5.41, 5.74) is 5.18. The largest absolute Gasteiger partial charge is 0.336 e. The molecule has 0 aliphatic carbocycles. The molecule has 98 valence electrons. The topological polar surface area (TPSA) is 61.6 Å². The molecule has 1 heterocycles. The molecule has 0 saturated carbocycles. The van der Waals surface area contributed by atoms with Gasteiger partial charge in [0, 0.05) is 31.7 Å². The maximum absolute atomic E-state index is 12.3. The van der Waals surface area contributed by atoms with Crippen molar-refractivity contribution in [2.75, 3.05) is 38.7 Å². The molecule has 1 aliphatic rings. The number of hydrogen-bond acceptors (Lipinski definition) is 4. The number of benzene rings is 1. The van der Waals surface area contributed by atoms with E-state index in [0.29, 0.717) is 0 Å². The van der Waals surface area contributed by atoms with Crippen LogP contribution in [0.1, 0.15) is 15.9 Å². The molecule has 18 heavy (non-hydrogen) atoms. The summed E-state index contributed by atoms with van der Waals surface area (Å²) in [7, 11) is 2.08. The number of carbonyl (C=O) groups excluding carboxylic acids is 1. The maximum Gasteiger partial charge on any atom is 0.253 e. The minimum Gasteiger partial charge on any atom is -0.336 e. The molecule has 0 bridgehead atoms. The Morgan fingerprint density at radius 2 is 1.94 bits per heavy atom. The fraction of sp³-hybridized carbons (Fsp3) is 0.462. The summed E-state index contributed by atoms with van der Waals surface area (Å²) in [6.07, 6.45) is 0. The zero-order chi connectivity index (χ0) is 13.1. The molecule has 0 spiro atoms. The van der Waals surface area contributed by atoms with Gasteiger partial charge in [-0.05, 0) is 37.7 Å². The maximum atomic E-state index is 12.3. The first kappa shape index (κ1) is 12.9. The van der Waals surface area contributed by atoms with E-state index in [4.69, 9.17) is 5.84 Å². The summed E-state index contributed by atoms with van der Waals surface area (Å²) < 4.78 is 0. The summed E-state index contributed by atoms with van der Waals surface area (Å²) in [6, 6.07) is 5.55. The van der Waals surface area contributed by atoms with Gasteiger partial charge >= 0.3 is 0 Å². The predicted molar refractivity (Wildman–Crippen MR) is 72.4 cm³/mol. The van der Waals surface area contributed by atoms with Crippen LogP contribution in [-0.2, 0) is 0 Å². The number of carbonyl (C=O) groups is 1. The van der Waals surface area contributed by atoms with E-state index in [0.717, 1.165) is 43.0 Å². The monoisotopic (exact) mass is 248 g/mol. The van der Waals surface area contributed by atoms with Crippen molar-refractivity contribution in [1.82, 2.24) is 9.80 Å². The first-order valence-corrected chi connectivity index (χ1v) is 6.17. The molecule has 1 aliphatic heterocycles. The molecule has 1 fully saturated rings. The molecule has 0 atom stereocenters. The number of nitrogens with zero attached hydrogens (tertiary/aromatic N) is 2. The van der Waals surface area contributed by atoms with E-state index < -0.39 is 0 Å². The smallest absolute Gasteiger partial charge is 0.253 e. The lowest BCUT2D eigenvalue weighted by Crippen LogP contribution is -2.47. The highest BCUT2D eigenvalue weighted by atomic mass is 16.2. The van der Waals surface area contributed by atoms with Crippen LogP contribution in [0.3, 0.4) is 0 Å². The minimum atomic E-state index is 0.106. The number of rotatable bonds is 2. The number of hydrogen-bond donors (Lipinski definition) is 2. The summed E-state index contributed by atoms with van der Waals surface area (Å²) in [5.74, 6) is 5.49. The van der Waals surface area contributed by atoms with E-state index in [1.807, 2.05) is 30.0 Å². The third kappa shape index (κ3) is 2.63. The van der Waals surface area contributed by atoms with Gasteiger partial charge < -0.3 is 15.2 Å². The van der Waals surface area contributed by atoms with Crippen molar-refractivity contribution in [3.05, 3.63) is 29.3 Å². The predicted octanol–water partition coefficient (Wildman–Crippen LogP) is 0.668. The first-order valence-electron chi connectivity index (χ1n) is 6.17. The van der Waals surface area contributed by atoms with Crippen molar-refractivity contribution in [2.45, 2.75) is 6.92 Å². The third-order valence-electron chi connectivity index (χ3n) is 3.42. The van der Waals surface area contributed by atoms with Gasteiger partial charge in [0.25, 0.3) is 5.91 Å². The van der Waals surface area contributed by atoms with Crippen LogP contribution in [0, 0.1) is 6.92 Å². The number of anilines is 1. The Morgan fingerprint density at radius 1 is 1.28 bits per heavy atom. The van der Waals surface area contributed by atoms with Crippen molar-refractivity contribution in [1.29, 1.82) is 0 Å². The Labute approximate surface area is 108 Å². The van der Waals surface area contributed by atoms with Gasteiger partial charge in [-0.2, -0.15) is 0 Å². The van der Waals surface area contributed by atoms with Crippen molar-refractivity contribution in [2.24, 2.45) is 5.84 Å². The molecule has 3 N–H and O–H groups in total. The molecule has 0 unspecified atom stereocenters. The zero-order valence-electron chi connectivity index (χ0n) is 10.9. The molecule has 1 amide bonds. The van der Waals surface area contributed by atoms with E-state index in [9.17, 15) is 4.79 Å². The zero-order valence-corrected chi connectivity index (χ0v) is 10.9. The van der Waals surface area contributed by atoms with Crippen molar-refractivity contribution < 1.29 is 4.79 Å². The molecule has 0 radical (unpaired) electrons. The fourth-order valence-corrected chi connectivity index (χ4v) is 2.15. The highest BCUT2D eigenvalue weighted by Crippen LogP contribution is 2.17. The van der Waals surface area contributed by atoms with Gasteiger partial charge in [0.2, 0.25) is 0 Å². The van der Waals surface area contributed by atoms with Gasteiger partial charge in [0.05, 0.1) is 5.69 Å². The average molecular weight is 248 g/mol. The van der Waals surface area contributed by atoms with Gasteiger partial charge in [0.15, 0.2) is 0 Å². The van der Waals surface area contributed by atoms with Crippen LogP contribution in [0.4, 0.5) is 5.69 Å². The van der Waals surface area contributed by atoms with Gasteiger partial charge in [-0.3, -0.25) is 10.6 Å². The molecule has 5 nitrogen and oxygen atoms in total. The van der Waals surface area contributed by atoms with Crippen LogP contribution < -0.4 is 11.3 Å². The van der Waals surface area contributed by atoms with E-state index in [-0.39, 0.29) is 5.91 Å². The minimum absolute atomic E-state index is 0.106. The number of amides is 1. The Kier molecular flexibility index (Phi) is 3.84. The Bertz CT molecular complexity index is 439. The first-order chi connectivity index (χ1) is 8.61. The lowest BCUT2D eigenvalue weighted by atomic mass is 10.1. The van der Waals surface area contributed by atoms with Gasteiger partial charge in [-0.25, -0.2) is 0 Å². The van der Waals surface area contributed by atoms with Crippen molar-refractivity contribution in [3.63, 3.8) is 0 Å². The Hall–Kier alpha value is -1.59. The molecule has 1 aromatic rings. The fourth-order valence-electron chi connectivity index (χ4n) is 2.15. The molecule has 0 aromatic heterocycles. The van der Waals surface area contributed by atoms with Crippen LogP contribution in [0.25, 0.3) is 0 Å². The molecule has 1 saturated heterocycles. The summed E-state index contributed by atoms with van der Waals surface area (Å²) in [4.78, 5) is 16.5. The van der Waals surface area contributed by atoms with E-state index in [2.05, 4.69) is 17.4 Å². The normalized spacial score (nSPS) is 16.7. The number of likely N-dealkylation sites (N-methyl/N-ethyl adjacent to an activating group) is 1. The van der Waals surface area contributed by atoms with Crippen LogP contribution in [-0.4, -0.2) is 48.9 Å². The Morgan fingerprint density at radius 3 is 2.50 bits per heavy atom. The van der Waals surface area contributed by atoms with E-state index in [1.165, 1.54) is 0 Å². The highest BCUT2D eigenvalue weighted by Gasteiger charge is 2.20. The number of piperazine rings is 1. The lowest BCUT2D eigenvalue weighted by molar-refractivity contribution is 0.0664. The Balaban J connectivity index is 2.11. The SMILES string of the molecule is Cc1cc(C(=O)N2CCN(C)CC2)ccc1NN. The summed E-state index contributed by atoms with van der Waals surface area (Å²) >= 11 is 0. The van der Waals surface area contributed by atoms with Gasteiger partial charge in [-0.1, -0.05) is 0 Å². The summed E-state index contributed by atoms with van der Waals surface area (Å²) in [6.45, 7) is 5.41. The van der Waals surface area contributed by atoms with Crippen molar-refractivity contribution >= 4 is 11.6 Å². The van der Waals surface area contributed by atoms with Crippen LogP contribution in [0.2, 0.25) is 0 Å². The average Bonchev–Trinajstić information content (AvgIpc) is 2.38. The standard InChI is InChI=1S/C13H20N4O/c1-10-9-11(3-4-12(10)15-14)13(18)17-7-5-16(2)6-8-17/h3-4,9,15H,5-8,14H2,1-2H3. The highest BCUT2D eigenvalue weighted by molar-refractivity contribution is 5.95. The molecule has 2 rings (SSSR count). The second-order valence-corrected chi connectivity index (χ2v) is 4.77.